The minimum atomic E-state index is -0.458. The lowest BCUT2D eigenvalue weighted by molar-refractivity contribution is 0.249. The van der Waals surface area contributed by atoms with Crippen molar-refractivity contribution in [3.63, 3.8) is 0 Å². The molecule has 2 N–H and O–H groups in total. The number of nitrogens with one attached hydrogen (secondary N) is 2. The Hall–Kier alpha value is -2.30. The first kappa shape index (κ1) is 13.1. The molecule has 0 bridgehead atoms. The standard InChI is InChI=1S/C14H15FN2O2/c1-10(8-11-6-7-19-9-11)16-14(18)17-13-5-3-2-4-12(13)15/h2-7,9-10H,8H2,1H3,(H2,16,17,18). The van der Waals surface area contributed by atoms with Crippen molar-refractivity contribution in [2.45, 2.75) is 19.4 Å². The second-order valence-electron chi connectivity index (χ2n) is 4.32. The van der Waals surface area contributed by atoms with Gasteiger partial charge in [0.1, 0.15) is 5.82 Å². The summed E-state index contributed by atoms with van der Waals surface area (Å²) in [4.78, 5) is 11.7. The van der Waals surface area contributed by atoms with Gasteiger partial charge in [0.25, 0.3) is 0 Å². The van der Waals surface area contributed by atoms with E-state index in [0.717, 1.165) is 5.56 Å². The van der Waals surface area contributed by atoms with Crippen molar-refractivity contribution < 1.29 is 13.6 Å². The van der Waals surface area contributed by atoms with Crippen LogP contribution in [0.2, 0.25) is 0 Å². The van der Waals surface area contributed by atoms with Crippen molar-refractivity contribution in [2.24, 2.45) is 0 Å². The number of hydrogen-bond acceptors (Lipinski definition) is 2. The zero-order valence-corrected chi connectivity index (χ0v) is 10.5. The molecule has 1 atom stereocenters. The molecule has 2 rings (SSSR count). The van der Waals surface area contributed by atoms with Crippen molar-refractivity contribution in [3.8, 4) is 0 Å². The van der Waals surface area contributed by atoms with Crippen molar-refractivity contribution in [3.05, 3.63) is 54.2 Å². The second-order valence-corrected chi connectivity index (χ2v) is 4.32. The van der Waals surface area contributed by atoms with Crippen LogP contribution in [0.4, 0.5) is 14.9 Å². The fraction of sp³-hybridized carbons (Fsp3) is 0.214. The molecule has 0 aliphatic rings. The molecule has 2 aromatic rings. The first-order valence-electron chi connectivity index (χ1n) is 5.98. The van der Waals surface area contributed by atoms with Crippen LogP contribution in [0.25, 0.3) is 0 Å². The minimum Gasteiger partial charge on any atom is -0.472 e. The molecule has 5 heteroatoms. The van der Waals surface area contributed by atoms with E-state index in [1.165, 1.54) is 12.1 Å². The Morgan fingerprint density at radius 1 is 1.37 bits per heavy atom. The third-order valence-electron chi connectivity index (χ3n) is 2.62. The highest BCUT2D eigenvalue weighted by Crippen LogP contribution is 2.12. The van der Waals surface area contributed by atoms with Crippen molar-refractivity contribution in [1.29, 1.82) is 0 Å². The van der Waals surface area contributed by atoms with Crippen LogP contribution >= 0.6 is 0 Å². The van der Waals surface area contributed by atoms with Gasteiger partial charge in [-0.15, -0.1) is 0 Å². The van der Waals surface area contributed by atoms with Crippen molar-refractivity contribution in [1.82, 2.24) is 5.32 Å². The summed E-state index contributed by atoms with van der Waals surface area (Å²) >= 11 is 0. The number of halogens is 1. The molecule has 0 saturated carbocycles. The lowest BCUT2D eigenvalue weighted by atomic mass is 10.1. The fourth-order valence-electron chi connectivity index (χ4n) is 1.76. The number of carbonyl (C=O) groups is 1. The number of benzene rings is 1. The average molecular weight is 262 g/mol. The van der Waals surface area contributed by atoms with E-state index in [2.05, 4.69) is 10.6 Å². The molecule has 0 aliphatic heterocycles. The molecule has 1 aromatic carbocycles. The van der Waals surface area contributed by atoms with E-state index in [1.54, 1.807) is 24.7 Å². The Bertz CT molecular complexity index is 540. The Labute approximate surface area is 110 Å². The van der Waals surface area contributed by atoms with E-state index < -0.39 is 11.8 Å². The van der Waals surface area contributed by atoms with Crippen LogP contribution in [0, 0.1) is 5.82 Å². The lowest BCUT2D eigenvalue weighted by Crippen LogP contribution is -2.37. The van der Waals surface area contributed by atoms with Gasteiger partial charge in [0.2, 0.25) is 0 Å². The Balaban J connectivity index is 1.86. The summed E-state index contributed by atoms with van der Waals surface area (Å²) in [6, 6.07) is 7.37. The first-order valence-corrected chi connectivity index (χ1v) is 5.98. The lowest BCUT2D eigenvalue weighted by Gasteiger charge is -2.14. The Kier molecular flexibility index (Phi) is 4.18. The number of urea groups is 1. The Morgan fingerprint density at radius 3 is 2.84 bits per heavy atom. The van der Waals surface area contributed by atoms with Gasteiger partial charge >= 0.3 is 6.03 Å². The van der Waals surface area contributed by atoms with Crippen LogP contribution in [-0.2, 0) is 6.42 Å². The van der Waals surface area contributed by atoms with Crippen molar-refractivity contribution >= 4 is 11.7 Å². The normalized spacial score (nSPS) is 11.9. The molecular weight excluding hydrogens is 247 g/mol. The van der Waals surface area contributed by atoms with E-state index in [-0.39, 0.29) is 11.7 Å². The molecule has 0 fully saturated rings. The van der Waals surface area contributed by atoms with Gasteiger partial charge < -0.3 is 15.1 Å². The van der Waals surface area contributed by atoms with E-state index in [1.807, 2.05) is 13.0 Å². The van der Waals surface area contributed by atoms with Crippen LogP contribution in [0.3, 0.4) is 0 Å². The van der Waals surface area contributed by atoms with Gasteiger partial charge in [-0.25, -0.2) is 9.18 Å². The SMILES string of the molecule is CC(Cc1ccoc1)NC(=O)Nc1ccccc1F. The van der Waals surface area contributed by atoms with Crippen LogP contribution < -0.4 is 10.6 Å². The van der Waals surface area contributed by atoms with E-state index in [9.17, 15) is 9.18 Å². The molecular formula is C14H15FN2O2. The number of anilines is 1. The van der Waals surface area contributed by atoms with Gasteiger partial charge in [-0.05, 0) is 37.1 Å². The number of carbonyl (C=O) groups excluding carboxylic acids is 1. The fourth-order valence-corrected chi connectivity index (χ4v) is 1.76. The summed E-state index contributed by atoms with van der Waals surface area (Å²) in [5.74, 6) is -0.458. The molecule has 1 aromatic heterocycles. The third-order valence-corrected chi connectivity index (χ3v) is 2.62. The monoisotopic (exact) mass is 262 g/mol. The summed E-state index contributed by atoms with van der Waals surface area (Å²) in [6.45, 7) is 1.87. The highest BCUT2D eigenvalue weighted by molar-refractivity contribution is 5.89. The number of hydrogen-bond donors (Lipinski definition) is 2. The maximum Gasteiger partial charge on any atom is 0.319 e. The molecule has 0 saturated heterocycles. The minimum absolute atomic E-state index is 0.0793. The van der Waals surface area contributed by atoms with Gasteiger partial charge in [0.15, 0.2) is 0 Å². The van der Waals surface area contributed by atoms with Gasteiger partial charge in [-0.1, -0.05) is 12.1 Å². The van der Waals surface area contributed by atoms with Gasteiger partial charge in [0, 0.05) is 6.04 Å². The molecule has 0 aliphatic carbocycles. The summed E-state index contributed by atoms with van der Waals surface area (Å²) < 4.78 is 18.3. The summed E-state index contributed by atoms with van der Waals surface area (Å²) in [5.41, 5.74) is 1.16. The quantitative estimate of drug-likeness (QED) is 0.889. The molecule has 1 heterocycles. The third kappa shape index (κ3) is 3.84. The maximum absolute atomic E-state index is 13.3. The van der Waals surface area contributed by atoms with Crippen molar-refractivity contribution in [2.75, 3.05) is 5.32 Å². The molecule has 100 valence electrons. The van der Waals surface area contributed by atoms with Gasteiger partial charge in [-0.3, -0.25) is 0 Å². The molecule has 2 amide bonds. The Morgan fingerprint density at radius 2 is 2.16 bits per heavy atom. The number of amides is 2. The highest BCUT2D eigenvalue weighted by Gasteiger charge is 2.10. The topological polar surface area (TPSA) is 54.3 Å². The second kappa shape index (κ2) is 6.04. The maximum atomic E-state index is 13.3. The van der Waals surface area contributed by atoms with Crippen LogP contribution in [-0.4, -0.2) is 12.1 Å². The van der Waals surface area contributed by atoms with E-state index in [0.29, 0.717) is 6.42 Å². The highest BCUT2D eigenvalue weighted by atomic mass is 19.1. The molecule has 19 heavy (non-hydrogen) atoms. The zero-order valence-electron chi connectivity index (χ0n) is 10.5. The molecule has 1 unspecified atom stereocenters. The first-order chi connectivity index (χ1) is 9.15. The number of para-hydroxylation sites is 1. The van der Waals surface area contributed by atoms with E-state index in [4.69, 9.17) is 4.42 Å². The molecule has 4 nitrogen and oxygen atoms in total. The molecule has 0 spiro atoms. The van der Waals surface area contributed by atoms with Crippen LogP contribution in [0.1, 0.15) is 12.5 Å². The predicted molar refractivity (Wildman–Crippen MR) is 70.4 cm³/mol. The average Bonchev–Trinajstić information content (AvgIpc) is 2.84. The number of rotatable bonds is 4. The largest absolute Gasteiger partial charge is 0.472 e. The zero-order chi connectivity index (χ0) is 13.7. The van der Waals surface area contributed by atoms with Gasteiger partial charge in [0.05, 0.1) is 18.2 Å². The number of furan rings is 1. The van der Waals surface area contributed by atoms with Gasteiger partial charge in [-0.2, -0.15) is 0 Å². The summed E-state index contributed by atoms with van der Waals surface area (Å²) in [6.07, 6.45) is 3.87. The predicted octanol–water partition coefficient (Wildman–Crippen LogP) is 3.17. The van der Waals surface area contributed by atoms with E-state index >= 15 is 0 Å². The molecule has 0 radical (unpaired) electrons. The van der Waals surface area contributed by atoms with Crippen LogP contribution in [0.15, 0.2) is 47.3 Å². The van der Waals surface area contributed by atoms with Crippen LogP contribution in [0.5, 0.6) is 0 Å². The summed E-state index contributed by atoms with van der Waals surface area (Å²) in [5, 5.41) is 5.21. The summed E-state index contributed by atoms with van der Waals surface area (Å²) in [7, 11) is 0. The smallest absolute Gasteiger partial charge is 0.319 e.